The zero-order valence-corrected chi connectivity index (χ0v) is 13.5. The fraction of sp³-hybridized carbons (Fsp3) is 0.611. The number of rotatable bonds is 5. The van der Waals surface area contributed by atoms with E-state index in [0.29, 0.717) is 6.54 Å². The molecule has 1 fully saturated rings. The standard InChI is InChI=1S/C18H28N2O/c1-4-14-5-7-16(8-6-14)18(2,3)13-20-17(21)15-9-11-19-12-10-15/h5-8,15,19H,4,9-13H2,1-3H3,(H,20,21). The second-order valence-electron chi connectivity index (χ2n) is 6.68. The van der Waals surface area contributed by atoms with E-state index in [4.69, 9.17) is 0 Å². The van der Waals surface area contributed by atoms with Gasteiger partial charge in [0.15, 0.2) is 0 Å². The maximum absolute atomic E-state index is 12.2. The molecule has 0 unspecified atom stereocenters. The lowest BCUT2D eigenvalue weighted by Crippen LogP contribution is -2.42. The van der Waals surface area contributed by atoms with E-state index < -0.39 is 0 Å². The summed E-state index contributed by atoms with van der Waals surface area (Å²) in [6.45, 7) is 9.16. The van der Waals surface area contributed by atoms with Crippen molar-refractivity contribution in [2.75, 3.05) is 19.6 Å². The van der Waals surface area contributed by atoms with Crippen molar-refractivity contribution in [3.8, 4) is 0 Å². The SMILES string of the molecule is CCc1ccc(C(C)(C)CNC(=O)C2CCNCC2)cc1. The molecule has 21 heavy (non-hydrogen) atoms. The van der Waals surface area contributed by atoms with Crippen LogP contribution in [0.5, 0.6) is 0 Å². The van der Waals surface area contributed by atoms with E-state index in [1.807, 2.05) is 0 Å². The number of hydrogen-bond donors (Lipinski definition) is 2. The number of nitrogens with one attached hydrogen (secondary N) is 2. The van der Waals surface area contributed by atoms with Gasteiger partial charge in [0.1, 0.15) is 0 Å². The summed E-state index contributed by atoms with van der Waals surface area (Å²) in [6, 6.07) is 8.75. The van der Waals surface area contributed by atoms with Crippen molar-refractivity contribution < 1.29 is 4.79 Å². The molecule has 1 aliphatic rings. The maximum atomic E-state index is 12.2. The molecular formula is C18H28N2O. The highest BCUT2D eigenvalue weighted by atomic mass is 16.1. The first-order valence-electron chi connectivity index (χ1n) is 8.11. The molecule has 2 rings (SSSR count). The Morgan fingerprint density at radius 3 is 2.43 bits per heavy atom. The van der Waals surface area contributed by atoms with Gasteiger partial charge in [0.25, 0.3) is 0 Å². The molecule has 3 nitrogen and oxygen atoms in total. The van der Waals surface area contributed by atoms with Gasteiger partial charge in [-0.1, -0.05) is 45.0 Å². The summed E-state index contributed by atoms with van der Waals surface area (Å²) >= 11 is 0. The van der Waals surface area contributed by atoms with Gasteiger partial charge in [0.2, 0.25) is 5.91 Å². The summed E-state index contributed by atoms with van der Waals surface area (Å²) in [4.78, 5) is 12.2. The summed E-state index contributed by atoms with van der Waals surface area (Å²) in [5.41, 5.74) is 2.60. The monoisotopic (exact) mass is 288 g/mol. The van der Waals surface area contributed by atoms with Crippen molar-refractivity contribution in [1.29, 1.82) is 0 Å². The molecule has 0 aromatic heterocycles. The lowest BCUT2D eigenvalue weighted by atomic mass is 9.83. The Morgan fingerprint density at radius 2 is 1.86 bits per heavy atom. The van der Waals surface area contributed by atoms with Crippen LogP contribution in [0.3, 0.4) is 0 Å². The molecule has 0 radical (unpaired) electrons. The van der Waals surface area contributed by atoms with E-state index in [1.165, 1.54) is 11.1 Å². The van der Waals surface area contributed by atoms with Crippen LogP contribution in [0, 0.1) is 5.92 Å². The summed E-state index contributed by atoms with van der Waals surface area (Å²) in [7, 11) is 0. The van der Waals surface area contributed by atoms with Gasteiger partial charge in [-0.05, 0) is 43.5 Å². The third-order valence-corrected chi connectivity index (χ3v) is 4.56. The Balaban J connectivity index is 1.91. The van der Waals surface area contributed by atoms with E-state index in [9.17, 15) is 4.79 Å². The van der Waals surface area contributed by atoms with E-state index >= 15 is 0 Å². The van der Waals surface area contributed by atoms with E-state index in [-0.39, 0.29) is 17.2 Å². The summed E-state index contributed by atoms with van der Waals surface area (Å²) in [5, 5.41) is 6.45. The minimum atomic E-state index is -0.0329. The van der Waals surface area contributed by atoms with Gasteiger partial charge in [-0.25, -0.2) is 0 Å². The van der Waals surface area contributed by atoms with E-state index in [2.05, 4.69) is 55.7 Å². The molecule has 116 valence electrons. The quantitative estimate of drug-likeness (QED) is 0.874. The summed E-state index contributed by atoms with van der Waals surface area (Å²) < 4.78 is 0. The number of carbonyl (C=O) groups is 1. The summed E-state index contributed by atoms with van der Waals surface area (Å²) in [5.74, 6) is 0.402. The van der Waals surface area contributed by atoms with Crippen LogP contribution < -0.4 is 10.6 Å². The lowest BCUT2D eigenvalue weighted by molar-refractivity contribution is -0.125. The van der Waals surface area contributed by atoms with Crippen LogP contribution in [0.15, 0.2) is 24.3 Å². The van der Waals surface area contributed by atoms with Crippen LogP contribution in [0.25, 0.3) is 0 Å². The molecule has 1 heterocycles. The van der Waals surface area contributed by atoms with Crippen molar-refractivity contribution in [3.63, 3.8) is 0 Å². The fourth-order valence-electron chi connectivity index (χ4n) is 2.83. The highest BCUT2D eigenvalue weighted by molar-refractivity contribution is 5.78. The van der Waals surface area contributed by atoms with Crippen molar-refractivity contribution in [2.45, 2.75) is 45.4 Å². The van der Waals surface area contributed by atoms with Gasteiger partial charge in [-0.15, -0.1) is 0 Å². The van der Waals surface area contributed by atoms with Crippen LogP contribution in [0.1, 0.15) is 44.7 Å². The van der Waals surface area contributed by atoms with Gasteiger partial charge in [-0.3, -0.25) is 4.79 Å². The van der Waals surface area contributed by atoms with Crippen LogP contribution in [0.2, 0.25) is 0 Å². The Kier molecular flexibility index (Phi) is 5.40. The molecule has 0 aliphatic carbocycles. The molecule has 0 bridgehead atoms. The van der Waals surface area contributed by atoms with Crippen LogP contribution in [0.4, 0.5) is 0 Å². The third kappa shape index (κ3) is 4.31. The molecule has 1 saturated heterocycles. The first-order chi connectivity index (χ1) is 10.0. The molecule has 1 aromatic rings. The lowest BCUT2D eigenvalue weighted by Gasteiger charge is -2.28. The minimum absolute atomic E-state index is 0.0329. The van der Waals surface area contributed by atoms with Gasteiger partial charge in [0, 0.05) is 17.9 Å². The Bertz CT molecular complexity index is 459. The average molecular weight is 288 g/mol. The highest BCUT2D eigenvalue weighted by Gasteiger charge is 2.25. The van der Waals surface area contributed by atoms with Crippen molar-refractivity contribution >= 4 is 5.91 Å². The van der Waals surface area contributed by atoms with Gasteiger partial charge in [0.05, 0.1) is 0 Å². The molecular weight excluding hydrogens is 260 g/mol. The molecule has 0 spiro atoms. The minimum Gasteiger partial charge on any atom is -0.355 e. The number of hydrogen-bond acceptors (Lipinski definition) is 2. The zero-order valence-electron chi connectivity index (χ0n) is 13.5. The Labute approximate surface area is 128 Å². The number of carbonyl (C=O) groups excluding carboxylic acids is 1. The first-order valence-corrected chi connectivity index (χ1v) is 8.11. The molecule has 1 aromatic carbocycles. The molecule has 0 saturated carbocycles. The van der Waals surface area contributed by atoms with Crippen molar-refractivity contribution in [1.82, 2.24) is 10.6 Å². The van der Waals surface area contributed by atoms with Gasteiger partial charge >= 0.3 is 0 Å². The normalized spacial score (nSPS) is 16.7. The topological polar surface area (TPSA) is 41.1 Å². The van der Waals surface area contributed by atoms with Crippen molar-refractivity contribution in [2.24, 2.45) is 5.92 Å². The number of aryl methyl sites for hydroxylation is 1. The maximum Gasteiger partial charge on any atom is 0.223 e. The average Bonchev–Trinajstić information content (AvgIpc) is 2.53. The predicted octanol–water partition coefficient (Wildman–Crippen LogP) is 2.64. The van der Waals surface area contributed by atoms with E-state index in [1.54, 1.807) is 0 Å². The molecule has 3 heteroatoms. The highest BCUT2D eigenvalue weighted by Crippen LogP contribution is 2.23. The van der Waals surface area contributed by atoms with Gasteiger partial charge in [-0.2, -0.15) is 0 Å². The van der Waals surface area contributed by atoms with E-state index in [0.717, 1.165) is 32.4 Å². The second kappa shape index (κ2) is 7.08. The number of piperidine rings is 1. The largest absolute Gasteiger partial charge is 0.355 e. The molecule has 1 aliphatic heterocycles. The third-order valence-electron chi connectivity index (χ3n) is 4.56. The number of benzene rings is 1. The summed E-state index contributed by atoms with van der Waals surface area (Å²) in [6.07, 6.45) is 2.97. The smallest absolute Gasteiger partial charge is 0.223 e. The van der Waals surface area contributed by atoms with Gasteiger partial charge < -0.3 is 10.6 Å². The predicted molar refractivity (Wildman–Crippen MR) is 87.4 cm³/mol. The zero-order chi connectivity index (χ0) is 15.3. The second-order valence-corrected chi connectivity index (χ2v) is 6.68. The number of amides is 1. The van der Waals surface area contributed by atoms with Crippen LogP contribution >= 0.6 is 0 Å². The van der Waals surface area contributed by atoms with Crippen LogP contribution in [-0.2, 0) is 16.6 Å². The Morgan fingerprint density at radius 1 is 1.24 bits per heavy atom. The molecule has 1 amide bonds. The van der Waals surface area contributed by atoms with Crippen molar-refractivity contribution in [3.05, 3.63) is 35.4 Å². The molecule has 0 atom stereocenters. The fourth-order valence-corrected chi connectivity index (χ4v) is 2.83. The Hall–Kier alpha value is -1.35. The first kappa shape index (κ1) is 16.0. The van der Waals surface area contributed by atoms with Crippen LogP contribution in [-0.4, -0.2) is 25.5 Å². The molecule has 2 N–H and O–H groups in total.